The Balaban J connectivity index is 1.42. The first kappa shape index (κ1) is 80.4. The van der Waals surface area contributed by atoms with Crippen LogP contribution >= 0.6 is 0 Å². The number of ether oxygens (including phenoxy) is 3. The summed E-state index contributed by atoms with van der Waals surface area (Å²) in [5, 5.41) is 10.4. The summed E-state index contributed by atoms with van der Waals surface area (Å²) < 4.78 is 45.7. The number of unbranched alkanes of at least 4 members (excludes halogenated alkanes) is 2. The minimum absolute atomic E-state index is 0.0271. The smallest absolute Gasteiger partial charge is 0.410 e. The van der Waals surface area contributed by atoms with E-state index in [0.717, 1.165) is 12.8 Å². The van der Waals surface area contributed by atoms with Crippen molar-refractivity contribution >= 4 is 74.8 Å². The first-order chi connectivity index (χ1) is 44.9. The largest absolute Gasteiger partial charge is 0.445 e. The number of methoxy groups -OCH3 is 2. The highest BCUT2D eigenvalue weighted by atomic mass is 32.2. The van der Waals surface area contributed by atoms with E-state index in [1.165, 1.54) is 26.2 Å². The Bertz CT molecular complexity index is 2970. The molecule has 0 radical (unpaired) electrons. The van der Waals surface area contributed by atoms with Crippen LogP contribution in [0, 0.1) is 41.4 Å². The van der Waals surface area contributed by atoms with Gasteiger partial charge in [0.15, 0.2) is 11.6 Å². The summed E-state index contributed by atoms with van der Waals surface area (Å²) in [7, 11) is 2.14. The van der Waals surface area contributed by atoms with Gasteiger partial charge in [0.1, 0.15) is 12.6 Å². The van der Waals surface area contributed by atoms with Crippen LogP contribution in [0.15, 0.2) is 54.6 Å². The number of carbonyl (C=O) groups is 10. The molecule has 0 spiro atoms. The lowest BCUT2D eigenvalue weighted by molar-refractivity contribution is -0.149. The normalized spacial score (nSPS) is 17.2. The fourth-order valence-corrected chi connectivity index (χ4v) is 13.9. The second-order valence-corrected chi connectivity index (χ2v) is 28.8. The van der Waals surface area contributed by atoms with Crippen molar-refractivity contribution in [2.24, 2.45) is 52.9 Å². The Kier molecular flexibility index (Phi) is 33.2. The Hall–Kier alpha value is -7.03. The number of likely N-dealkylation sites (N-methyl/N-ethyl adjacent to an activating group) is 2. The van der Waals surface area contributed by atoms with E-state index in [4.69, 9.17) is 25.7 Å². The van der Waals surface area contributed by atoms with Crippen molar-refractivity contribution in [3.63, 3.8) is 0 Å². The SMILES string of the molecule is CC[C@H](C)[C@@H]([C@@H](CC(=O)N1CCC[C@H]1[C@H](OC)[C@@H](C)C(=O)N[C@@H](Cc1ccccc1)C(=O)NS(=O)(=O)C1CC1)OC)N(C)C(=O)[C@@H](CC(=O)[C@H](C(C)C)N(C)C(=O)OCc1ccc(NC(=O)[C@H](CCCNC(N)=O)CC(=O)[C@@H](NC(=O)CCCCCN)C(C)C)cc1)C(C)C. The van der Waals surface area contributed by atoms with Crippen molar-refractivity contribution in [2.45, 2.75) is 213 Å². The molecule has 1 aliphatic heterocycles. The van der Waals surface area contributed by atoms with Gasteiger partial charge in [-0.15, -0.1) is 0 Å². The predicted molar refractivity (Wildman–Crippen MR) is 362 cm³/mol. The van der Waals surface area contributed by atoms with E-state index in [1.807, 2.05) is 41.5 Å². The highest BCUT2D eigenvalue weighted by Crippen LogP contribution is 2.32. The average molecular weight is 1350 g/mol. The number of likely N-dealkylation sites (tertiary alicyclic amines) is 1. The standard InChI is InChI=1S/C69H110N10O15S/c1-14-45(8)62(57(92-12)40-59(83)79-36-22-26-54(79)63(93-13)46(9)64(84)74-53(37-47-23-17-15-18-24-47)66(86)76-95(90,91)51-32-33-51)77(10)67(87)52(42(2)3)39-56(81)61(44(6)7)78(11)69(89)94-41-48-28-30-50(31-29-48)73-65(85)49(25-21-35-72-68(71)88)38-55(80)60(43(4)5)75-58(82)27-19-16-20-34-70/h15,17-18,23-24,28-31,42-46,49,51-54,57,60-63H,14,16,19-22,25-27,32-41,70H2,1-13H3,(H,73,85)(H,74,84)(H,75,82)(H,76,86)(H3,71,72,88)/t45-,46+,49+,52-,53-,54-,57+,60-,61-,62-,63+/m0/s1. The molecule has 0 bridgehead atoms. The van der Waals surface area contributed by atoms with Crippen molar-refractivity contribution in [3.05, 3.63) is 65.7 Å². The minimum Gasteiger partial charge on any atom is -0.445 e. The summed E-state index contributed by atoms with van der Waals surface area (Å²) >= 11 is 0. The van der Waals surface area contributed by atoms with E-state index < -0.39 is 111 Å². The second-order valence-electron chi connectivity index (χ2n) is 26.8. The van der Waals surface area contributed by atoms with E-state index in [0.29, 0.717) is 74.8 Å². The summed E-state index contributed by atoms with van der Waals surface area (Å²) in [6.07, 6.45) is 2.74. The predicted octanol–water partition coefficient (Wildman–Crippen LogP) is 6.39. The summed E-state index contributed by atoms with van der Waals surface area (Å²) in [4.78, 5) is 142. The quantitative estimate of drug-likeness (QED) is 0.0354. The molecule has 2 aromatic carbocycles. The third-order valence-corrected chi connectivity index (χ3v) is 20.3. The number of nitrogens with one attached hydrogen (secondary N) is 5. The Morgan fingerprint density at radius 1 is 0.716 bits per heavy atom. The maximum absolute atomic E-state index is 14.9. The zero-order valence-electron chi connectivity index (χ0n) is 58.3. The van der Waals surface area contributed by atoms with Crippen LogP contribution in [0.3, 0.4) is 0 Å². The Labute approximate surface area is 563 Å². The van der Waals surface area contributed by atoms with Crippen LogP contribution in [0.5, 0.6) is 0 Å². The molecule has 1 saturated heterocycles. The van der Waals surface area contributed by atoms with Gasteiger partial charge in [0.05, 0.1) is 54.0 Å². The number of nitrogens with two attached hydrogens (primary N) is 2. The molecule has 532 valence electrons. The van der Waals surface area contributed by atoms with Gasteiger partial charge in [-0.05, 0) is 105 Å². The number of anilines is 1. The number of hydrogen-bond donors (Lipinski definition) is 7. The molecular weight excluding hydrogens is 1240 g/mol. The molecule has 4 rings (SSSR count). The number of rotatable bonds is 42. The van der Waals surface area contributed by atoms with Crippen LogP contribution in [0.4, 0.5) is 15.3 Å². The molecule has 1 saturated carbocycles. The van der Waals surface area contributed by atoms with Gasteiger partial charge in [0.2, 0.25) is 39.6 Å². The number of ketones is 2. The number of Topliss-reactive ketones (excluding diaryl/α,β-unsaturated/α-hetero) is 2. The van der Waals surface area contributed by atoms with Crippen LogP contribution in [-0.2, 0) is 75.6 Å². The number of benzene rings is 2. The number of sulfonamides is 1. The van der Waals surface area contributed by atoms with Crippen LogP contribution in [0.25, 0.3) is 0 Å². The molecule has 26 heteroatoms. The fraction of sp³-hybridized carbons (Fsp3) is 0.681. The van der Waals surface area contributed by atoms with Crippen LogP contribution in [0.1, 0.15) is 163 Å². The van der Waals surface area contributed by atoms with Crippen molar-refractivity contribution in [1.29, 1.82) is 0 Å². The molecule has 95 heavy (non-hydrogen) atoms. The summed E-state index contributed by atoms with van der Waals surface area (Å²) in [6.45, 7) is 17.4. The van der Waals surface area contributed by atoms with E-state index in [9.17, 15) is 56.4 Å². The molecule has 1 aliphatic carbocycles. The minimum atomic E-state index is -3.92. The zero-order valence-corrected chi connectivity index (χ0v) is 59.1. The summed E-state index contributed by atoms with van der Waals surface area (Å²) in [5.41, 5.74) is 12.5. The van der Waals surface area contributed by atoms with Gasteiger partial charge >= 0.3 is 12.1 Å². The lowest BCUT2D eigenvalue weighted by Gasteiger charge is -2.41. The van der Waals surface area contributed by atoms with E-state index in [1.54, 1.807) is 92.2 Å². The maximum Gasteiger partial charge on any atom is 0.410 e. The third-order valence-electron chi connectivity index (χ3n) is 18.5. The van der Waals surface area contributed by atoms with Crippen molar-refractivity contribution < 1.29 is 70.6 Å². The number of nitrogens with zero attached hydrogens (tertiary/aromatic N) is 3. The lowest BCUT2D eigenvalue weighted by Crippen LogP contribution is -2.55. The molecule has 0 aromatic heterocycles. The van der Waals surface area contributed by atoms with Crippen LogP contribution in [0.2, 0.25) is 0 Å². The van der Waals surface area contributed by atoms with Crippen LogP contribution in [-0.4, -0.2) is 178 Å². The van der Waals surface area contributed by atoms with Gasteiger partial charge in [-0.25, -0.2) is 18.0 Å². The average Bonchev–Trinajstić information content (AvgIpc) is 1.76. The monoisotopic (exact) mass is 1350 g/mol. The lowest BCUT2D eigenvalue weighted by atomic mass is 9.83. The zero-order chi connectivity index (χ0) is 70.9. The molecule has 9 amide bonds. The number of hydrogen-bond acceptors (Lipinski definition) is 16. The summed E-state index contributed by atoms with van der Waals surface area (Å²) in [6, 6.07) is 10.5. The third kappa shape index (κ3) is 24.8. The highest BCUT2D eigenvalue weighted by molar-refractivity contribution is 7.90. The van der Waals surface area contributed by atoms with Gasteiger partial charge in [-0.2, -0.15) is 0 Å². The van der Waals surface area contributed by atoms with Gasteiger partial charge in [-0.3, -0.25) is 43.1 Å². The molecule has 25 nitrogen and oxygen atoms in total. The van der Waals surface area contributed by atoms with Crippen molar-refractivity contribution in [1.82, 2.24) is 35.4 Å². The van der Waals surface area contributed by atoms with E-state index in [-0.39, 0.29) is 98.7 Å². The number of urea groups is 1. The molecular formula is C69H110N10O15S. The first-order valence-corrected chi connectivity index (χ1v) is 35.3. The molecule has 0 unspecified atom stereocenters. The van der Waals surface area contributed by atoms with Gasteiger partial charge in [0.25, 0.3) is 5.91 Å². The molecule has 2 aromatic rings. The molecule has 9 N–H and O–H groups in total. The molecule has 11 atom stereocenters. The summed E-state index contributed by atoms with van der Waals surface area (Å²) in [5.74, 6) is -7.10. The molecule has 1 heterocycles. The van der Waals surface area contributed by atoms with Gasteiger partial charge < -0.3 is 61.6 Å². The number of amides is 9. The van der Waals surface area contributed by atoms with E-state index >= 15 is 0 Å². The molecule has 2 fully saturated rings. The van der Waals surface area contributed by atoms with Crippen molar-refractivity contribution in [3.8, 4) is 0 Å². The Morgan fingerprint density at radius 3 is 1.95 bits per heavy atom. The first-order valence-electron chi connectivity index (χ1n) is 33.8. The van der Waals surface area contributed by atoms with Crippen LogP contribution < -0.4 is 37.5 Å². The Morgan fingerprint density at radius 2 is 1.38 bits per heavy atom. The van der Waals surface area contributed by atoms with Gasteiger partial charge in [-0.1, -0.05) is 118 Å². The van der Waals surface area contributed by atoms with E-state index in [2.05, 4.69) is 26.0 Å². The highest BCUT2D eigenvalue weighted by Gasteiger charge is 2.45. The molecule has 2 aliphatic rings. The number of primary amides is 1. The second kappa shape index (κ2) is 39.3. The maximum atomic E-state index is 14.9. The number of carbonyl (C=O) groups excluding carboxylic acids is 10. The van der Waals surface area contributed by atoms with Gasteiger partial charge in [0, 0.05) is 84.6 Å². The topological polar surface area (TPSA) is 354 Å². The van der Waals surface area contributed by atoms with Crippen molar-refractivity contribution in [2.75, 3.05) is 53.3 Å². The fourth-order valence-electron chi connectivity index (χ4n) is 12.6.